The first-order chi connectivity index (χ1) is 19.2. The van der Waals surface area contributed by atoms with Crippen molar-refractivity contribution in [2.75, 3.05) is 19.7 Å². The van der Waals surface area contributed by atoms with Gasteiger partial charge in [0.15, 0.2) is 4.96 Å². The van der Waals surface area contributed by atoms with E-state index in [9.17, 15) is 4.79 Å². The lowest BCUT2D eigenvalue weighted by molar-refractivity contribution is -0.133. The van der Waals surface area contributed by atoms with Crippen molar-refractivity contribution in [1.82, 2.24) is 14.3 Å². The Bertz CT molecular complexity index is 1480. The van der Waals surface area contributed by atoms with Gasteiger partial charge in [-0.3, -0.25) is 9.20 Å². The summed E-state index contributed by atoms with van der Waals surface area (Å²) in [5.74, 6) is -0.224. The zero-order valence-electron chi connectivity index (χ0n) is 22.2. The van der Waals surface area contributed by atoms with Crippen molar-refractivity contribution in [3.8, 4) is 11.3 Å². The molecule has 2 aromatic heterocycles. The molecule has 0 radical (unpaired) electrons. The third kappa shape index (κ3) is 5.68. The molecule has 1 fully saturated rings. The van der Waals surface area contributed by atoms with E-state index in [1.165, 1.54) is 11.3 Å². The molecule has 1 atom stereocenters. The molecule has 3 aromatic carbocycles. The molecule has 0 spiro atoms. The third-order valence-corrected chi connectivity index (χ3v) is 8.43. The maximum absolute atomic E-state index is 14.3. The number of thiazole rings is 1. The van der Waals surface area contributed by atoms with Crippen LogP contribution in [0.15, 0.2) is 96.5 Å². The zero-order valence-corrected chi connectivity index (χ0v) is 23.0. The zero-order chi connectivity index (χ0) is 26.6. The van der Waals surface area contributed by atoms with Crippen molar-refractivity contribution in [1.29, 1.82) is 0 Å². The van der Waals surface area contributed by atoms with Crippen LogP contribution in [0.4, 0.5) is 0 Å². The maximum atomic E-state index is 14.3. The first-order valence-electron chi connectivity index (χ1n) is 13.7. The molecular weight excluding hydrogens is 502 g/mol. The van der Waals surface area contributed by atoms with E-state index in [1.807, 2.05) is 41.3 Å². The number of nitrogens with zero attached hydrogens (tertiary/aromatic N) is 3. The molecule has 1 aliphatic heterocycles. The first-order valence-corrected chi connectivity index (χ1v) is 14.6. The van der Waals surface area contributed by atoms with Gasteiger partial charge in [-0.1, -0.05) is 90.5 Å². The number of aromatic nitrogens is 2. The molecule has 0 N–H and O–H groups in total. The van der Waals surface area contributed by atoms with Gasteiger partial charge >= 0.3 is 0 Å². The highest BCUT2D eigenvalue weighted by Crippen LogP contribution is 2.29. The molecule has 6 rings (SSSR count). The molecule has 5 aromatic rings. The van der Waals surface area contributed by atoms with Gasteiger partial charge in [0.05, 0.1) is 17.7 Å². The van der Waals surface area contributed by atoms with Crippen LogP contribution in [0.5, 0.6) is 0 Å². The van der Waals surface area contributed by atoms with E-state index < -0.39 is 0 Å². The van der Waals surface area contributed by atoms with Crippen LogP contribution in [-0.2, 0) is 16.0 Å². The third-order valence-electron chi connectivity index (χ3n) is 7.54. The van der Waals surface area contributed by atoms with Crippen LogP contribution >= 0.6 is 11.3 Å². The largest absolute Gasteiger partial charge is 0.376 e. The van der Waals surface area contributed by atoms with E-state index in [-0.39, 0.29) is 17.9 Å². The molecule has 1 amide bonds. The summed E-state index contributed by atoms with van der Waals surface area (Å²) in [5, 5.41) is 2.17. The highest BCUT2D eigenvalue weighted by molar-refractivity contribution is 7.15. The number of hydrogen-bond donors (Lipinski definition) is 0. The molecule has 39 heavy (non-hydrogen) atoms. The topological polar surface area (TPSA) is 46.8 Å². The standard InChI is InChI=1S/C33H33N3O2S/c1-24-14-16-25(17-15-24)30-22-36-28(23-39-33(36)34-30)18-19-35(21-29-13-8-20-38-29)32(37)31(26-9-4-2-5-10-26)27-11-6-3-7-12-27/h2-7,9-12,14-17,22-23,29,31H,8,13,18-21H2,1H3. The monoisotopic (exact) mass is 535 g/mol. The molecular formula is C33H33N3O2S. The highest BCUT2D eigenvalue weighted by Gasteiger charge is 2.30. The Morgan fingerprint density at radius 3 is 2.36 bits per heavy atom. The fourth-order valence-electron chi connectivity index (χ4n) is 5.40. The highest BCUT2D eigenvalue weighted by atomic mass is 32.1. The Balaban J connectivity index is 1.27. The number of carbonyl (C=O) groups excluding carboxylic acids is 1. The van der Waals surface area contributed by atoms with Crippen molar-refractivity contribution in [3.05, 3.63) is 119 Å². The van der Waals surface area contributed by atoms with Gasteiger partial charge < -0.3 is 9.64 Å². The van der Waals surface area contributed by atoms with Crippen LogP contribution in [0.3, 0.4) is 0 Å². The number of hydrogen-bond acceptors (Lipinski definition) is 4. The quantitative estimate of drug-likeness (QED) is 0.210. The Kier molecular flexibility index (Phi) is 7.57. The maximum Gasteiger partial charge on any atom is 0.234 e. The summed E-state index contributed by atoms with van der Waals surface area (Å²) in [7, 11) is 0. The summed E-state index contributed by atoms with van der Waals surface area (Å²) in [6.07, 6.45) is 5.00. The van der Waals surface area contributed by atoms with Crippen molar-refractivity contribution < 1.29 is 9.53 Å². The second-order valence-electron chi connectivity index (χ2n) is 10.3. The van der Waals surface area contributed by atoms with Gasteiger partial charge in [-0.15, -0.1) is 11.3 Å². The minimum Gasteiger partial charge on any atom is -0.376 e. The molecule has 6 heteroatoms. The van der Waals surface area contributed by atoms with Crippen LogP contribution < -0.4 is 0 Å². The van der Waals surface area contributed by atoms with Crippen molar-refractivity contribution in [3.63, 3.8) is 0 Å². The molecule has 1 aliphatic rings. The molecule has 1 saturated heterocycles. The van der Waals surface area contributed by atoms with Crippen LogP contribution in [0.25, 0.3) is 16.2 Å². The number of rotatable bonds is 9. The summed E-state index contributed by atoms with van der Waals surface area (Å²) in [6.45, 7) is 4.10. The second kappa shape index (κ2) is 11.6. The SMILES string of the molecule is Cc1ccc(-c2cn3c(CCN(CC4CCCO4)C(=O)C(c4ccccc4)c4ccccc4)csc3n2)cc1. The normalized spacial score (nSPS) is 15.3. The number of benzene rings is 3. The summed E-state index contributed by atoms with van der Waals surface area (Å²) in [4.78, 5) is 22.2. The Labute approximate surface area is 233 Å². The van der Waals surface area contributed by atoms with Gasteiger partial charge in [-0.05, 0) is 30.9 Å². The molecule has 0 bridgehead atoms. The molecule has 1 unspecified atom stereocenters. The van der Waals surface area contributed by atoms with Crippen LogP contribution in [0.1, 0.15) is 41.1 Å². The van der Waals surface area contributed by atoms with E-state index in [0.717, 1.165) is 53.2 Å². The lowest BCUT2D eigenvalue weighted by Crippen LogP contribution is -2.41. The Morgan fingerprint density at radius 1 is 1.03 bits per heavy atom. The van der Waals surface area contributed by atoms with Crippen molar-refractivity contribution in [2.45, 2.75) is 38.2 Å². The number of amides is 1. The van der Waals surface area contributed by atoms with Gasteiger partial charge in [0.2, 0.25) is 5.91 Å². The summed E-state index contributed by atoms with van der Waals surface area (Å²) < 4.78 is 8.17. The summed E-state index contributed by atoms with van der Waals surface area (Å²) >= 11 is 1.65. The number of aryl methyl sites for hydroxylation is 1. The van der Waals surface area contributed by atoms with E-state index in [1.54, 1.807) is 11.3 Å². The van der Waals surface area contributed by atoms with Gasteiger partial charge in [-0.2, -0.15) is 0 Å². The van der Waals surface area contributed by atoms with Gasteiger partial charge in [0, 0.05) is 49.0 Å². The Morgan fingerprint density at radius 2 is 1.72 bits per heavy atom. The second-order valence-corrected chi connectivity index (χ2v) is 11.1. The summed E-state index contributed by atoms with van der Waals surface area (Å²) in [6, 6.07) is 28.7. The average molecular weight is 536 g/mol. The average Bonchev–Trinajstić information content (AvgIpc) is 3.72. The van der Waals surface area contributed by atoms with Crippen LogP contribution in [0.2, 0.25) is 0 Å². The molecule has 198 valence electrons. The number of imidazole rings is 1. The van der Waals surface area contributed by atoms with Crippen LogP contribution in [0, 0.1) is 6.92 Å². The lowest BCUT2D eigenvalue weighted by Gasteiger charge is -2.30. The fraction of sp³-hybridized carbons (Fsp3) is 0.273. The molecule has 5 nitrogen and oxygen atoms in total. The first kappa shape index (κ1) is 25.5. The van der Waals surface area contributed by atoms with Gasteiger partial charge in [0.25, 0.3) is 0 Å². The number of ether oxygens (including phenoxy) is 1. The van der Waals surface area contributed by atoms with Crippen molar-refractivity contribution >= 4 is 22.2 Å². The smallest absolute Gasteiger partial charge is 0.234 e. The van der Waals surface area contributed by atoms with E-state index in [2.05, 4.69) is 71.4 Å². The van der Waals surface area contributed by atoms with E-state index >= 15 is 0 Å². The fourth-order valence-corrected chi connectivity index (χ4v) is 6.31. The minimum absolute atomic E-state index is 0.0880. The molecule has 0 aliphatic carbocycles. The van der Waals surface area contributed by atoms with Crippen molar-refractivity contribution in [2.24, 2.45) is 0 Å². The van der Waals surface area contributed by atoms with E-state index in [4.69, 9.17) is 9.72 Å². The van der Waals surface area contributed by atoms with Gasteiger partial charge in [0.1, 0.15) is 0 Å². The van der Waals surface area contributed by atoms with Gasteiger partial charge in [-0.25, -0.2) is 4.98 Å². The number of fused-ring (bicyclic) bond motifs is 1. The van der Waals surface area contributed by atoms with Crippen LogP contribution in [-0.4, -0.2) is 46.0 Å². The molecule has 3 heterocycles. The predicted molar refractivity (Wildman–Crippen MR) is 157 cm³/mol. The summed E-state index contributed by atoms with van der Waals surface area (Å²) in [5.41, 5.74) is 6.53. The number of carbonyl (C=O) groups is 1. The van der Waals surface area contributed by atoms with E-state index in [0.29, 0.717) is 13.1 Å². The molecule has 0 saturated carbocycles. The Hall–Kier alpha value is -3.74. The lowest BCUT2D eigenvalue weighted by atomic mass is 9.89. The predicted octanol–water partition coefficient (Wildman–Crippen LogP) is 6.75. The minimum atomic E-state index is -0.349.